The molecule has 0 fully saturated rings. The topological polar surface area (TPSA) is 0 Å². The highest BCUT2D eigenvalue weighted by atomic mass is 14.2. The van der Waals surface area contributed by atoms with Gasteiger partial charge in [-0.3, -0.25) is 0 Å². The van der Waals surface area contributed by atoms with E-state index in [9.17, 15) is 0 Å². The Kier molecular flexibility index (Phi) is 4.91. The summed E-state index contributed by atoms with van der Waals surface area (Å²) in [6.07, 6.45) is 7.19. The van der Waals surface area contributed by atoms with Gasteiger partial charge >= 0.3 is 0 Å². The molecule has 0 saturated carbocycles. The van der Waals surface area contributed by atoms with Crippen LogP contribution in [-0.2, 0) is 0 Å². The molecule has 0 saturated heterocycles. The Morgan fingerprint density at radius 3 is 1.79 bits per heavy atom. The van der Waals surface area contributed by atoms with Gasteiger partial charge in [-0.05, 0) is 29.6 Å². The van der Waals surface area contributed by atoms with Crippen molar-refractivity contribution in [2.24, 2.45) is 16.7 Å². The van der Waals surface area contributed by atoms with Crippen LogP contribution in [-0.4, -0.2) is 0 Å². The van der Waals surface area contributed by atoms with Crippen LogP contribution in [0.15, 0.2) is 12.2 Å². The van der Waals surface area contributed by atoms with Crippen molar-refractivity contribution in [2.75, 3.05) is 0 Å². The summed E-state index contributed by atoms with van der Waals surface area (Å²) in [5, 5.41) is 0. The second kappa shape index (κ2) is 5.00. The lowest BCUT2D eigenvalue weighted by Crippen LogP contribution is -2.17. The van der Waals surface area contributed by atoms with E-state index in [2.05, 4.69) is 60.6 Å². The molecule has 0 aliphatic rings. The molecule has 0 aliphatic carbocycles. The highest BCUT2D eigenvalue weighted by Gasteiger charge is 2.20. The fraction of sp³-hybridized carbons (Fsp3) is 0.857. The third kappa shape index (κ3) is 6.23. The molecule has 0 aromatic rings. The van der Waals surface area contributed by atoms with Crippen LogP contribution in [0, 0.1) is 16.7 Å². The minimum Gasteiger partial charge on any atom is -0.0877 e. The maximum atomic E-state index is 2.41. The van der Waals surface area contributed by atoms with Gasteiger partial charge in [-0.15, -0.1) is 0 Å². The molecule has 1 atom stereocenters. The highest BCUT2D eigenvalue weighted by Crippen LogP contribution is 2.30. The average molecular weight is 196 g/mol. The van der Waals surface area contributed by atoms with Crippen LogP contribution >= 0.6 is 0 Å². The molecule has 0 spiro atoms. The number of hydrogen-bond acceptors (Lipinski definition) is 0. The van der Waals surface area contributed by atoms with Gasteiger partial charge in [-0.25, -0.2) is 0 Å². The SMILES string of the molecule is CCC(/C=C\CC(C)(C)C)C(C)(C)C. The molecule has 84 valence electrons. The zero-order chi connectivity index (χ0) is 11.4. The van der Waals surface area contributed by atoms with Crippen molar-refractivity contribution >= 4 is 0 Å². The number of rotatable bonds is 3. The van der Waals surface area contributed by atoms with Crippen molar-refractivity contribution in [3.05, 3.63) is 12.2 Å². The largest absolute Gasteiger partial charge is 0.0877 e. The van der Waals surface area contributed by atoms with Gasteiger partial charge in [0.15, 0.2) is 0 Å². The third-order valence-corrected chi connectivity index (χ3v) is 2.65. The van der Waals surface area contributed by atoms with E-state index in [4.69, 9.17) is 0 Å². The summed E-state index contributed by atoms with van der Waals surface area (Å²) in [7, 11) is 0. The summed E-state index contributed by atoms with van der Waals surface area (Å²) >= 11 is 0. The predicted molar refractivity (Wildman–Crippen MR) is 66.4 cm³/mol. The normalized spacial score (nSPS) is 16.2. The maximum Gasteiger partial charge on any atom is -0.0187 e. The molecule has 0 N–H and O–H groups in total. The first kappa shape index (κ1) is 13.7. The summed E-state index contributed by atoms with van der Waals surface area (Å²) in [4.78, 5) is 0. The molecule has 0 rings (SSSR count). The second-order valence-corrected chi connectivity index (χ2v) is 6.57. The lowest BCUT2D eigenvalue weighted by atomic mass is 9.78. The molecule has 14 heavy (non-hydrogen) atoms. The molecule has 0 nitrogen and oxygen atoms in total. The van der Waals surface area contributed by atoms with Gasteiger partial charge in [-0.1, -0.05) is 60.6 Å². The molecule has 0 amide bonds. The van der Waals surface area contributed by atoms with Crippen LogP contribution in [0.2, 0.25) is 0 Å². The van der Waals surface area contributed by atoms with Crippen LogP contribution in [0.3, 0.4) is 0 Å². The Hall–Kier alpha value is -0.260. The van der Waals surface area contributed by atoms with Crippen molar-refractivity contribution < 1.29 is 0 Å². The lowest BCUT2D eigenvalue weighted by Gasteiger charge is -2.27. The minimum absolute atomic E-state index is 0.406. The molecule has 0 radical (unpaired) electrons. The van der Waals surface area contributed by atoms with Crippen molar-refractivity contribution in [3.8, 4) is 0 Å². The molecule has 0 aromatic carbocycles. The van der Waals surface area contributed by atoms with Crippen molar-refractivity contribution in [1.29, 1.82) is 0 Å². The summed E-state index contributed by atoms with van der Waals surface area (Å²) < 4.78 is 0. The van der Waals surface area contributed by atoms with Gasteiger partial charge in [0.25, 0.3) is 0 Å². The van der Waals surface area contributed by atoms with Crippen LogP contribution in [0.25, 0.3) is 0 Å². The molecule has 0 aliphatic heterocycles. The molecule has 1 unspecified atom stereocenters. The van der Waals surface area contributed by atoms with Crippen molar-refractivity contribution in [3.63, 3.8) is 0 Å². The Bertz CT molecular complexity index is 173. The Balaban J connectivity index is 4.20. The first-order valence-electron chi connectivity index (χ1n) is 5.83. The number of hydrogen-bond donors (Lipinski definition) is 0. The molecule has 0 aromatic heterocycles. The van der Waals surface area contributed by atoms with E-state index < -0.39 is 0 Å². The zero-order valence-corrected chi connectivity index (χ0v) is 11.1. The van der Waals surface area contributed by atoms with Gasteiger partial charge in [0.2, 0.25) is 0 Å². The molecule has 0 bridgehead atoms. The van der Waals surface area contributed by atoms with E-state index in [1.807, 2.05) is 0 Å². The van der Waals surface area contributed by atoms with E-state index in [1.165, 1.54) is 12.8 Å². The highest BCUT2D eigenvalue weighted by molar-refractivity contribution is 4.95. The van der Waals surface area contributed by atoms with Gasteiger partial charge in [-0.2, -0.15) is 0 Å². The number of allylic oxidation sites excluding steroid dienone is 2. The monoisotopic (exact) mass is 196 g/mol. The van der Waals surface area contributed by atoms with Crippen molar-refractivity contribution in [1.82, 2.24) is 0 Å². The van der Waals surface area contributed by atoms with Gasteiger partial charge in [0.05, 0.1) is 0 Å². The quantitative estimate of drug-likeness (QED) is 0.554. The van der Waals surface area contributed by atoms with Crippen LogP contribution in [0.4, 0.5) is 0 Å². The van der Waals surface area contributed by atoms with E-state index in [0.717, 1.165) is 0 Å². The standard InChI is InChI=1S/C14H28/c1-8-12(14(5,6)7)10-9-11-13(2,3)4/h9-10,12H,8,11H2,1-7H3/b10-9-. The Labute approximate surface area is 90.8 Å². The van der Waals surface area contributed by atoms with Crippen LogP contribution < -0.4 is 0 Å². The van der Waals surface area contributed by atoms with Gasteiger partial charge in [0, 0.05) is 0 Å². The summed E-state index contributed by atoms with van der Waals surface area (Å²) in [6.45, 7) is 16.1. The maximum absolute atomic E-state index is 2.41. The summed E-state index contributed by atoms with van der Waals surface area (Å²) in [5.74, 6) is 0.713. The lowest BCUT2D eigenvalue weighted by molar-refractivity contribution is 0.284. The fourth-order valence-electron chi connectivity index (χ4n) is 1.62. The summed E-state index contributed by atoms with van der Waals surface area (Å²) in [6, 6.07) is 0. The van der Waals surface area contributed by atoms with Crippen LogP contribution in [0.1, 0.15) is 61.3 Å². The summed E-state index contributed by atoms with van der Waals surface area (Å²) in [5.41, 5.74) is 0.829. The first-order valence-corrected chi connectivity index (χ1v) is 5.83. The molecule has 0 heterocycles. The minimum atomic E-state index is 0.406. The third-order valence-electron chi connectivity index (χ3n) is 2.65. The van der Waals surface area contributed by atoms with Gasteiger partial charge in [0.1, 0.15) is 0 Å². The fourth-order valence-corrected chi connectivity index (χ4v) is 1.62. The zero-order valence-electron chi connectivity index (χ0n) is 11.1. The van der Waals surface area contributed by atoms with Gasteiger partial charge < -0.3 is 0 Å². The van der Waals surface area contributed by atoms with E-state index in [1.54, 1.807) is 0 Å². The average Bonchev–Trinajstić information content (AvgIpc) is 1.93. The predicted octanol–water partition coefficient (Wildman–Crippen LogP) is 5.05. The smallest absolute Gasteiger partial charge is 0.0187 e. The second-order valence-electron chi connectivity index (χ2n) is 6.57. The molecule has 0 heteroatoms. The van der Waals surface area contributed by atoms with E-state index >= 15 is 0 Å². The molecular formula is C14H28. The van der Waals surface area contributed by atoms with E-state index in [-0.39, 0.29) is 0 Å². The van der Waals surface area contributed by atoms with Crippen molar-refractivity contribution in [2.45, 2.75) is 61.3 Å². The molecular weight excluding hydrogens is 168 g/mol. The van der Waals surface area contributed by atoms with Crippen LogP contribution in [0.5, 0.6) is 0 Å². The Morgan fingerprint density at radius 2 is 1.50 bits per heavy atom. The van der Waals surface area contributed by atoms with E-state index in [0.29, 0.717) is 16.7 Å². The Morgan fingerprint density at radius 1 is 1.00 bits per heavy atom. The first-order chi connectivity index (χ1) is 6.17.